The second-order valence-electron chi connectivity index (χ2n) is 5.30. The number of sulfonamides is 1. The summed E-state index contributed by atoms with van der Waals surface area (Å²) in [5, 5.41) is 0. The van der Waals surface area contributed by atoms with Crippen LogP contribution < -0.4 is 4.72 Å². The van der Waals surface area contributed by atoms with Crippen LogP contribution in [0.3, 0.4) is 0 Å². The maximum Gasteiger partial charge on any atom is 0.240 e. The average molecular weight is 363 g/mol. The molecule has 8 heteroatoms. The lowest BCUT2D eigenvalue weighted by molar-refractivity contribution is 0.232. The van der Waals surface area contributed by atoms with Crippen molar-refractivity contribution in [3.8, 4) is 0 Å². The van der Waals surface area contributed by atoms with Crippen molar-refractivity contribution in [3.63, 3.8) is 0 Å². The molecular weight excluding hydrogens is 336 g/mol. The lowest BCUT2D eigenvalue weighted by Gasteiger charge is -2.26. The van der Waals surface area contributed by atoms with E-state index >= 15 is 0 Å². The van der Waals surface area contributed by atoms with E-state index in [1.54, 1.807) is 6.92 Å². The van der Waals surface area contributed by atoms with E-state index in [4.69, 9.17) is 0 Å². The van der Waals surface area contributed by atoms with Gasteiger partial charge in [-0.1, -0.05) is 20.8 Å². The highest BCUT2D eigenvalue weighted by Gasteiger charge is 2.19. The largest absolute Gasteiger partial charge is 0.300 e. The fourth-order valence-electron chi connectivity index (χ4n) is 2.28. The second kappa shape index (κ2) is 8.23. The number of rotatable bonds is 9. The minimum absolute atomic E-state index is 0.0151. The smallest absolute Gasteiger partial charge is 0.240 e. The molecule has 0 aliphatic heterocycles. The van der Waals surface area contributed by atoms with Crippen LogP contribution in [0.15, 0.2) is 34.1 Å². The van der Waals surface area contributed by atoms with E-state index in [9.17, 15) is 16.8 Å². The van der Waals surface area contributed by atoms with Crippen LogP contribution in [0, 0.1) is 0 Å². The van der Waals surface area contributed by atoms with E-state index in [0.717, 1.165) is 13.1 Å². The minimum Gasteiger partial charge on any atom is -0.300 e. The van der Waals surface area contributed by atoms with E-state index in [2.05, 4.69) is 9.62 Å². The zero-order valence-corrected chi connectivity index (χ0v) is 15.7. The molecule has 0 spiro atoms. The van der Waals surface area contributed by atoms with Gasteiger partial charge in [-0.2, -0.15) is 0 Å². The summed E-state index contributed by atoms with van der Waals surface area (Å²) in [4.78, 5) is 2.36. The first-order valence-electron chi connectivity index (χ1n) is 7.74. The Morgan fingerprint density at radius 3 is 1.87 bits per heavy atom. The monoisotopic (exact) mass is 362 g/mol. The van der Waals surface area contributed by atoms with Crippen LogP contribution in [-0.2, 0) is 19.9 Å². The number of hydrogen-bond donors (Lipinski definition) is 1. The normalized spacial score (nSPS) is 14.1. The summed E-state index contributed by atoms with van der Waals surface area (Å²) in [6.07, 6.45) is 0. The highest BCUT2D eigenvalue weighted by atomic mass is 32.2. The van der Waals surface area contributed by atoms with Crippen molar-refractivity contribution < 1.29 is 16.8 Å². The van der Waals surface area contributed by atoms with Gasteiger partial charge in [-0.25, -0.2) is 21.6 Å². The molecular formula is C15H26N2O4S2. The third-order valence-electron chi connectivity index (χ3n) is 3.88. The number of benzene rings is 1. The topological polar surface area (TPSA) is 83.6 Å². The summed E-state index contributed by atoms with van der Waals surface area (Å²) < 4.78 is 50.6. The van der Waals surface area contributed by atoms with Gasteiger partial charge in [0.15, 0.2) is 9.84 Å². The predicted octanol–water partition coefficient (Wildman–Crippen LogP) is 1.49. The molecule has 0 aliphatic rings. The third kappa shape index (κ3) is 5.27. The van der Waals surface area contributed by atoms with Gasteiger partial charge in [-0.15, -0.1) is 0 Å². The molecule has 1 aromatic carbocycles. The van der Waals surface area contributed by atoms with Crippen LogP contribution in [-0.4, -0.2) is 53.2 Å². The molecule has 0 unspecified atom stereocenters. The molecule has 132 valence electrons. The maximum atomic E-state index is 12.3. The van der Waals surface area contributed by atoms with Gasteiger partial charge < -0.3 is 0 Å². The Morgan fingerprint density at radius 1 is 0.957 bits per heavy atom. The van der Waals surface area contributed by atoms with Crippen molar-refractivity contribution in [3.05, 3.63) is 24.3 Å². The second-order valence-corrected chi connectivity index (χ2v) is 9.34. The van der Waals surface area contributed by atoms with Gasteiger partial charge in [0.05, 0.1) is 15.5 Å². The number of sulfone groups is 1. The van der Waals surface area contributed by atoms with Gasteiger partial charge in [0.1, 0.15) is 0 Å². The summed E-state index contributed by atoms with van der Waals surface area (Å²) in [5.41, 5.74) is 0. The van der Waals surface area contributed by atoms with Gasteiger partial charge in [-0.3, -0.25) is 4.90 Å². The Balaban J connectivity index is 2.85. The van der Waals surface area contributed by atoms with E-state index in [1.165, 1.54) is 24.3 Å². The number of hydrogen-bond acceptors (Lipinski definition) is 5. The number of nitrogens with zero attached hydrogens (tertiary/aromatic N) is 1. The summed E-state index contributed by atoms with van der Waals surface area (Å²) in [6, 6.07) is 5.40. The Morgan fingerprint density at radius 2 is 1.43 bits per heavy atom. The molecule has 0 bridgehead atoms. The van der Waals surface area contributed by atoms with Crippen LogP contribution in [0.4, 0.5) is 0 Å². The molecule has 1 atom stereocenters. The number of likely N-dealkylation sites (N-methyl/N-ethyl adjacent to an activating group) is 1. The fourth-order valence-corrected chi connectivity index (χ4v) is 4.29. The highest BCUT2D eigenvalue weighted by Crippen LogP contribution is 2.15. The Hall–Kier alpha value is -0.960. The molecule has 6 nitrogen and oxygen atoms in total. The summed E-state index contributed by atoms with van der Waals surface area (Å²) in [6.45, 7) is 9.58. The molecule has 0 saturated heterocycles. The summed E-state index contributed by atoms with van der Waals surface area (Å²) in [7, 11) is -6.97. The summed E-state index contributed by atoms with van der Waals surface area (Å²) in [5.74, 6) is -0.0151. The first kappa shape index (κ1) is 20.1. The number of nitrogens with one attached hydrogen (secondary N) is 1. The fraction of sp³-hybridized carbons (Fsp3) is 0.600. The van der Waals surface area contributed by atoms with E-state index < -0.39 is 19.9 Å². The van der Waals surface area contributed by atoms with Crippen LogP contribution >= 0.6 is 0 Å². The van der Waals surface area contributed by atoms with Gasteiger partial charge in [-0.05, 0) is 44.3 Å². The average Bonchev–Trinajstić information content (AvgIpc) is 2.54. The first-order valence-corrected chi connectivity index (χ1v) is 10.9. The van der Waals surface area contributed by atoms with Crippen molar-refractivity contribution in [2.75, 3.05) is 25.4 Å². The molecule has 23 heavy (non-hydrogen) atoms. The van der Waals surface area contributed by atoms with E-state index in [0.29, 0.717) is 6.54 Å². The molecule has 1 aromatic rings. The van der Waals surface area contributed by atoms with Crippen LogP contribution in [0.5, 0.6) is 0 Å². The Bertz CT molecular complexity index is 693. The Kier molecular flexibility index (Phi) is 7.19. The van der Waals surface area contributed by atoms with Gasteiger partial charge >= 0.3 is 0 Å². The SMILES string of the molecule is CCN(CC)[C@H](C)CNS(=O)(=O)c1ccc(S(=O)(=O)CC)cc1. The van der Waals surface area contributed by atoms with Crippen LogP contribution in [0.2, 0.25) is 0 Å². The van der Waals surface area contributed by atoms with Crippen LogP contribution in [0.25, 0.3) is 0 Å². The molecule has 0 fully saturated rings. The third-order valence-corrected chi connectivity index (χ3v) is 7.07. The van der Waals surface area contributed by atoms with E-state index in [-0.39, 0.29) is 21.6 Å². The van der Waals surface area contributed by atoms with Gasteiger partial charge in [0.2, 0.25) is 10.0 Å². The first-order chi connectivity index (χ1) is 10.7. The molecule has 0 radical (unpaired) electrons. The molecule has 0 aromatic heterocycles. The van der Waals surface area contributed by atoms with Crippen molar-refractivity contribution in [2.24, 2.45) is 0 Å². The van der Waals surface area contributed by atoms with Crippen molar-refractivity contribution in [1.29, 1.82) is 0 Å². The van der Waals surface area contributed by atoms with Crippen molar-refractivity contribution in [1.82, 2.24) is 9.62 Å². The van der Waals surface area contributed by atoms with Crippen molar-refractivity contribution >= 4 is 19.9 Å². The highest BCUT2D eigenvalue weighted by molar-refractivity contribution is 7.91. The molecule has 1 rings (SSSR count). The van der Waals surface area contributed by atoms with E-state index in [1.807, 2.05) is 20.8 Å². The predicted molar refractivity (Wildman–Crippen MR) is 91.7 cm³/mol. The molecule has 0 aliphatic carbocycles. The minimum atomic E-state index is -3.65. The molecule has 1 N–H and O–H groups in total. The Labute approximate surface area is 139 Å². The molecule has 0 saturated carbocycles. The summed E-state index contributed by atoms with van der Waals surface area (Å²) >= 11 is 0. The standard InChI is InChI=1S/C15H26N2O4S2/c1-5-17(6-2)13(4)12-16-23(20,21)15-10-8-14(9-11-15)22(18,19)7-3/h8-11,13,16H,5-7,12H2,1-4H3/t13-/m1/s1. The lowest BCUT2D eigenvalue weighted by atomic mass is 10.3. The van der Waals surface area contributed by atoms with Gasteiger partial charge in [0, 0.05) is 12.6 Å². The lowest BCUT2D eigenvalue weighted by Crippen LogP contribution is -2.41. The maximum absolute atomic E-state index is 12.3. The van der Waals surface area contributed by atoms with Crippen molar-refractivity contribution in [2.45, 2.75) is 43.5 Å². The van der Waals surface area contributed by atoms with Gasteiger partial charge in [0.25, 0.3) is 0 Å². The van der Waals surface area contributed by atoms with Crippen LogP contribution in [0.1, 0.15) is 27.7 Å². The quantitative estimate of drug-likeness (QED) is 0.719. The zero-order chi connectivity index (χ0) is 17.7. The molecule has 0 heterocycles. The molecule has 0 amide bonds. The zero-order valence-electron chi connectivity index (χ0n) is 14.1.